The first-order chi connectivity index (χ1) is 7.15. The van der Waals surface area contributed by atoms with Crippen LogP contribution in [0.4, 0.5) is 5.82 Å². The Bertz CT molecular complexity index is 360. The summed E-state index contributed by atoms with van der Waals surface area (Å²) in [5.41, 5.74) is -0.163. The summed E-state index contributed by atoms with van der Waals surface area (Å²) in [7, 11) is 0. The zero-order chi connectivity index (χ0) is 10.9. The van der Waals surface area contributed by atoms with Crippen molar-refractivity contribution in [2.24, 2.45) is 0 Å². The summed E-state index contributed by atoms with van der Waals surface area (Å²) in [6.07, 6.45) is 4.89. The Labute approximate surface area is 97.3 Å². The smallest absolute Gasteiger partial charge is 0.144 e. The lowest BCUT2D eigenvalue weighted by Crippen LogP contribution is -2.48. The normalized spacial score (nSPS) is 18.3. The molecule has 4 nitrogen and oxygen atoms in total. The Balaban J connectivity index is 2.19. The average molecular weight is 272 g/mol. The maximum absolute atomic E-state index is 9.34. The number of anilines is 1. The monoisotopic (exact) mass is 271 g/mol. The number of aliphatic hydroxyl groups is 1. The van der Waals surface area contributed by atoms with E-state index in [1.165, 1.54) is 0 Å². The number of hydrogen-bond donors (Lipinski definition) is 2. The fourth-order valence-corrected chi connectivity index (χ4v) is 2.01. The highest BCUT2D eigenvalue weighted by atomic mass is 79.9. The van der Waals surface area contributed by atoms with Crippen LogP contribution in [0.25, 0.3) is 0 Å². The summed E-state index contributed by atoms with van der Waals surface area (Å²) in [6, 6.07) is 0. The lowest BCUT2D eigenvalue weighted by atomic mass is 9.77. The third-order valence-corrected chi connectivity index (χ3v) is 3.44. The van der Waals surface area contributed by atoms with Gasteiger partial charge in [0, 0.05) is 6.20 Å². The molecule has 0 amide bonds. The van der Waals surface area contributed by atoms with Crippen molar-refractivity contribution in [3.63, 3.8) is 0 Å². The summed E-state index contributed by atoms with van der Waals surface area (Å²) in [5.74, 6) is 1.50. The summed E-state index contributed by atoms with van der Waals surface area (Å²) in [6.45, 7) is 2.01. The van der Waals surface area contributed by atoms with E-state index < -0.39 is 0 Å². The quantitative estimate of drug-likeness (QED) is 0.882. The highest BCUT2D eigenvalue weighted by Crippen LogP contribution is 2.35. The molecule has 1 aromatic rings. The summed E-state index contributed by atoms with van der Waals surface area (Å²) < 4.78 is 0.841. The van der Waals surface area contributed by atoms with Crippen LogP contribution in [0.1, 0.15) is 25.1 Å². The summed E-state index contributed by atoms with van der Waals surface area (Å²) in [4.78, 5) is 8.39. The lowest BCUT2D eigenvalue weighted by molar-refractivity contribution is 0.143. The first-order valence-electron chi connectivity index (χ1n) is 5.03. The van der Waals surface area contributed by atoms with Crippen LogP contribution in [0.2, 0.25) is 0 Å². The predicted octanol–water partition coefficient (Wildman–Crippen LogP) is 1.87. The molecule has 1 aromatic heterocycles. The van der Waals surface area contributed by atoms with E-state index in [-0.39, 0.29) is 12.1 Å². The third kappa shape index (κ3) is 2.13. The van der Waals surface area contributed by atoms with E-state index in [4.69, 9.17) is 0 Å². The number of hydrogen-bond acceptors (Lipinski definition) is 4. The van der Waals surface area contributed by atoms with E-state index in [2.05, 4.69) is 31.2 Å². The topological polar surface area (TPSA) is 58.0 Å². The molecular formula is C10H14BrN3O. The van der Waals surface area contributed by atoms with Gasteiger partial charge >= 0.3 is 0 Å². The van der Waals surface area contributed by atoms with Crippen LogP contribution in [0, 0.1) is 6.92 Å². The van der Waals surface area contributed by atoms with Crippen LogP contribution >= 0.6 is 15.9 Å². The average Bonchev–Trinajstić information content (AvgIpc) is 2.17. The second-order valence-electron chi connectivity index (χ2n) is 4.03. The van der Waals surface area contributed by atoms with Crippen LogP contribution in [0.3, 0.4) is 0 Å². The van der Waals surface area contributed by atoms with Crippen molar-refractivity contribution in [2.45, 2.75) is 31.7 Å². The van der Waals surface area contributed by atoms with Crippen LogP contribution in [0.5, 0.6) is 0 Å². The van der Waals surface area contributed by atoms with Crippen LogP contribution in [0.15, 0.2) is 10.7 Å². The van der Waals surface area contributed by atoms with Gasteiger partial charge in [-0.3, -0.25) is 0 Å². The van der Waals surface area contributed by atoms with Gasteiger partial charge in [0.2, 0.25) is 0 Å². The number of nitrogens with zero attached hydrogens (tertiary/aromatic N) is 2. The number of nitrogens with one attached hydrogen (secondary N) is 1. The van der Waals surface area contributed by atoms with Crippen LogP contribution < -0.4 is 5.32 Å². The molecule has 1 fully saturated rings. The van der Waals surface area contributed by atoms with E-state index in [1.54, 1.807) is 6.20 Å². The minimum Gasteiger partial charge on any atom is -0.394 e. The third-order valence-electron chi connectivity index (χ3n) is 2.86. The SMILES string of the molecule is Cc1ncc(Br)c(NC2(CO)CCC2)n1. The van der Waals surface area contributed by atoms with Gasteiger partial charge in [-0.15, -0.1) is 0 Å². The molecule has 2 N–H and O–H groups in total. The molecule has 82 valence electrons. The minimum absolute atomic E-state index is 0.155. The van der Waals surface area contributed by atoms with E-state index >= 15 is 0 Å². The molecule has 1 saturated carbocycles. The molecule has 0 radical (unpaired) electrons. The molecule has 0 aromatic carbocycles. The molecule has 5 heteroatoms. The van der Waals surface area contributed by atoms with Gasteiger partial charge < -0.3 is 10.4 Å². The van der Waals surface area contributed by atoms with Gasteiger partial charge in [0.25, 0.3) is 0 Å². The standard InChI is InChI=1S/C10H14BrN3O/c1-7-12-5-8(11)9(13-7)14-10(6-15)3-2-4-10/h5,15H,2-4,6H2,1H3,(H,12,13,14). The zero-order valence-corrected chi connectivity index (χ0v) is 10.2. The molecule has 0 unspecified atom stereocenters. The Kier molecular flexibility index (Phi) is 2.93. The molecule has 2 rings (SSSR count). The lowest BCUT2D eigenvalue weighted by Gasteiger charge is -2.41. The maximum Gasteiger partial charge on any atom is 0.144 e. The number of aliphatic hydroxyl groups excluding tert-OH is 1. The van der Waals surface area contributed by atoms with Gasteiger partial charge in [-0.1, -0.05) is 0 Å². The highest BCUT2D eigenvalue weighted by Gasteiger charge is 2.36. The van der Waals surface area contributed by atoms with Crippen LogP contribution in [-0.4, -0.2) is 27.2 Å². The van der Waals surface area contributed by atoms with Crippen molar-refractivity contribution in [2.75, 3.05) is 11.9 Å². The van der Waals surface area contributed by atoms with Gasteiger partial charge in [-0.2, -0.15) is 0 Å². The molecule has 0 bridgehead atoms. The number of rotatable bonds is 3. The summed E-state index contributed by atoms with van der Waals surface area (Å²) in [5, 5.41) is 12.6. The zero-order valence-electron chi connectivity index (χ0n) is 8.63. The van der Waals surface area contributed by atoms with E-state index in [0.29, 0.717) is 0 Å². The molecule has 0 atom stereocenters. The van der Waals surface area contributed by atoms with E-state index in [1.807, 2.05) is 6.92 Å². The van der Waals surface area contributed by atoms with Gasteiger partial charge in [0.15, 0.2) is 0 Å². The number of halogens is 1. The van der Waals surface area contributed by atoms with Gasteiger partial charge in [0.05, 0.1) is 16.6 Å². The van der Waals surface area contributed by atoms with E-state index in [0.717, 1.165) is 35.4 Å². The van der Waals surface area contributed by atoms with Crippen molar-refractivity contribution in [3.8, 4) is 0 Å². The molecule has 15 heavy (non-hydrogen) atoms. The van der Waals surface area contributed by atoms with Crippen molar-refractivity contribution in [1.29, 1.82) is 0 Å². The largest absolute Gasteiger partial charge is 0.394 e. The molecule has 0 saturated heterocycles. The Hall–Kier alpha value is -0.680. The highest BCUT2D eigenvalue weighted by molar-refractivity contribution is 9.10. The Morgan fingerprint density at radius 3 is 2.87 bits per heavy atom. The van der Waals surface area contributed by atoms with Crippen molar-refractivity contribution < 1.29 is 5.11 Å². The Morgan fingerprint density at radius 2 is 2.33 bits per heavy atom. The van der Waals surface area contributed by atoms with Crippen molar-refractivity contribution >= 4 is 21.7 Å². The molecule has 1 heterocycles. The summed E-state index contributed by atoms with van der Waals surface area (Å²) >= 11 is 3.40. The van der Waals surface area contributed by atoms with Gasteiger partial charge in [-0.05, 0) is 42.1 Å². The molecule has 0 spiro atoms. The first kappa shape index (κ1) is 10.8. The number of aromatic nitrogens is 2. The predicted molar refractivity (Wildman–Crippen MR) is 61.8 cm³/mol. The molecule has 1 aliphatic carbocycles. The van der Waals surface area contributed by atoms with Crippen molar-refractivity contribution in [1.82, 2.24) is 9.97 Å². The second-order valence-corrected chi connectivity index (χ2v) is 4.89. The second kappa shape index (κ2) is 4.06. The first-order valence-corrected chi connectivity index (χ1v) is 5.83. The minimum atomic E-state index is -0.163. The van der Waals surface area contributed by atoms with Crippen molar-refractivity contribution in [3.05, 3.63) is 16.5 Å². The maximum atomic E-state index is 9.34. The fourth-order valence-electron chi connectivity index (χ4n) is 1.72. The number of aryl methyl sites for hydroxylation is 1. The van der Waals surface area contributed by atoms with E-state index in [9.17, 15) is 5.11 Å². The fraction of sp³-hybridized carbons (Fsp3) is 0.600. The van der Waals surface area contributed by atoms with Gasteiger partial charge in [0.1, 0.15) is 11.6 Å². The molecule has 1 aliphatic rings. The molecule has 0 aliphatic heterocycles. The van der Waals surface area contributed by atoms with Gasteiger partial charge in [-0.25, -0.2) is 9.97 Å². The Morgan fingerprint density at radius 1 is 1.60 bits per heavy atom. The molecular weight excluding hydrogens is 258 g/mol. The van der Waals surface area contributed by atoms with Crippen LogP contribution in [-0.2, 0) is 0 Å².